The van der Waals surface area contributed by atoms with E-state index in [1.807, 2.05) is 30.3 Å². The molecule has 33 heavy (non-hydrogen) atoms. The van der Waals surface area contributed by atoms with Crippen LogP contribution in [0, 0.1) is 0 Å². The van der Waals surface area contributed by atoms with Gasteiger partial charge >= 0.3 is 13.1 Å². The molecule has 0 spiro atoms. The van der Waals surface area contributed by atoms with Crippen molar-refractivity contribution < 1.29 is 29.2 Å². The summed E-state index contributed by atoms with van der Waals surface area (Å²) in [6.45, 7) is 5.23. The van der Waals surface area contributed by atoms with Crippen molar-refractivity contribution in [1.29, 1.82) is 0 Å². The number of urea groups is 1. The number of carbonyl (C=O) groups excluding carboxylic acids is 3. The highest BCUT2D eigenvalue weighted by Crippen LogP contribution is 2.09. The molecule has 0 bridgehead atoms. The van der Waals surface area contributed by atoms with Crippen molar-refractivity contribution in [3.8, 4) is 0 Å². The van der Waals surface area contributed by atoms with Crippen LogP contribution in [0.1, 0.15) is 38.7 Å². The monoisotopic (exact) mass is 462 g/mol. The van der Waals surface area contributed by atoms with Crippen LogP contribution >= 0.6 is 0 Å². The van der Waals surface area contributed by atoms with Crippen molar-refractivity contribution in [2.24, 2.45) is 0 Å². The molecule has 1 aromatic carbocycles. The van der Waals surface area contributed by atoms with Gasteiger partial charge in [0, 0.05) is 19.1 Å². The van der Waals surface area contributed by atoms with E-state index in [0.29, 0.717) is 45.6 Å². The second-order valence-electron chi connectivity index (χ2n) is 8.43. The molecule has 2 atom stereocenters. The minimum atomic E-state index is -1.77. The maximum atomic E-state index is 13.0. The van der Waals surface area contributed by atoms with Crippen LogP contribution in [0.3, 0.4) is 0 Å². The Kier molecular flexibility index (Phi) is 11.1. The second-order valence-corrected chi connectivity index (χ2v) is 8.43. The first-order valence-electron chi connectivity index (χ1n) is 11.4. The van der Waals surface area contributed by atoms with E-state index in [4.69, 9.17) is 4.74 Å². The van der Waals surface area contributed by atoms with Crippen LogP contribution in [-0.2, 0) is 20.7 Å². The average Bonchev–Trinajstić information content (AvgIpc) is 2.78. The minimum Gasteiger partial charge on any atom is -0.426 e. The molecule has 1 aromatic rings. The largest absolute Gasteiger partial charge is 0.475 e. The van der Waals surface area contributed by atoms with Gasteiger partial charge in [-0.25, -0.2) is 4.79 Å². The Labute approximate surface area is 195 Å². The lowest BCUT2D eigenvalue weighted by Crippen LogP contribution is -2.57. The van der Waals surface area contributed by atoms with Gasteiger partial charge in [-0.1, -0.05) is 30.3 Å². The molecular formula is C22H35BN4O6. The van der Waals surface area contributed by atoms with Crippen LogP contribution in [0.5, 0.6) is 0 Å². The molecule has 1 aliphatic rings. The van der Waals surface area contributed by atoms with Gasteiger partial charge in [0.15, 0.2) is 0 Å². The SMILES string of the molecule is CC(C)NC(=O)N[C@H](CC(=O)N1CCOCC1)C(=O)N[C@@H](CCCc1ccccc1)B(O)O. The summed E-state index contributed by atoms with van der Waals surface area (Å²) in [5.74, 6) is -1.86. The molecule has 5 N–H and O–H groups in total. The Morgan fingerprint density at radius 1 is 1.06 bits per heavy atom. The normalized spacial score (nSPS) is 15.5. The summed E-state index contributed by atoms with van der Waals surface area (Å²) < 4.78 is 5.25. The molecule has 11 heteroatoms. The van der Waals surface area contributed by atoms with E-state index in [2.05, 4.69) is 16.0 Å². The van der Waals surface area contributed by atoms with Gasteiger partial charge in [-0.2, -0.15) is 0 Å². The van der Waals surface area contributed by atoms with Crippen LogP contribution in [0.4, 0.5) is 4.79 Å². The number of benzene rings is 1. The molecular weight excluding hydrogens is 427 g/mol. The Morgan fingerprint density at radius 2 is 1.73 bits per heavy atom. The zero-order chi connectivity index (χ0) is 24.2. The van der Waals surface area contributed by atoms with Gasteiger partial charge in [0.25, 0.3) is 0 Å². The predicted molar refractivity (Wildman–Crippen MR) is 124 cm³/mol. The van der Waals surface area contributed by atoms with Gasteiger partial charge in [-0.05, 0) is 38.7 Å². The third-order valence-electron chi connectivity index (χ3n) is 5.30. The first kappa shape index (κ1) is 26.6. The Hall–Kier alpha value is -2.63. The molecule has 0 saturated carbocycles. The van der Waals surface area contributed by atoms with Gasteiger partial charge in [0.1, 0.15) is 6.04 Å². The highest BCUT2D eigenvalue weighted by molar-refractivity contribution is 6.43. The fraction of sp³-hybridized carbons (Fsp3) is 0.591. The van der Waals surface area contributed by atoms with E-state index in [1.54, 1.807) is 18.7 Å². The smallest absolute Gasteiger partial charge is 0.426 e. The Bertz CT molecular complexity index is 759. The van der Waals surface area contributed by atoms with Crippen molar-refractivity contribution in [1.82, 2.24) is 20.9 Å². The summed E-state index contributed by atoms with van der Waals surface area (Å²) in [4.78, 5) is 39.5. The van der Waals surface area contributed by atoms with Crippen LogP contribution in [0.2, 0.25) is 0 Å². The molecule has 0 aromatic heterocycles. The fourth-order valence-electron chi connectivity index (χ4n) is 3.54. The van der Waals surface area contributed by atoms with E-state index in [1.165, 1.54) is 0 Å². The van der Waals surface area contributed by atoms with Gasteiger partial charge in [-0.15, -0.1) is 0 Å². The lowest BCUT2D eigenvalue weighted by molar-refractivity contribution is -0.138. The number of hydrogen-bond acceptors (Lipinski definition) is 6. The highest BCUT2D eigenvalue weighted by atomic mass is 16.5. The number of amides is 4. The molecule has 182 valence electrons. The van der Waals surface area contributed by atoms with Crippen molar-refractivity contribution in [2.45, 2.75) is 57.6 Å². The molecule has 1 aliphatic heterocycles. The number of hydrogen-bond donors (Lipinski definition) is 5. The maximum Gasteiger partial charge on any atom is 0.475 e. The van der Waals surface area contributed by atoms with Crippen molar-refractivity contribution in [3.05, 3.63) is 35.9 Å². The van der Waals surface area contributed by atoms with E-state index in [9.17, 15) is 24.4 Å². The number of morpholine rings is 1. The molecule has 1 heterocycles. The van der Waals surface area contributed by atoms with Crippen LogP contribution in [0.15, 0.2) is 30.3 Å². The lowest BCUT2D eigenvalue weighted by atomic mass is 9.76. The van der Waals surface area contributed by atoms with E-state index in [0.717, 1.165) is 5.56 Å². The van der Waals surface area contributed by atoms with Crippen LogP contribution in [0.25, 0.3) is 0 Å². The van der Waals surface area contributed by atoms with Crippen molar-refractivity contribution in [3.63, 3.8) is 0 Å². The summed E-state index contributed by atoms with van der Waals surface area (Å²) >= 11 is 0. The first-order valence-corrected chi connectivity index (χ1v) is 11.4. The Balaban J connectivity index is 1.99. The van der Waals surface area contributed by atoms with E-state index < -0.39 is 31.0 Å². The molecule has 1 fully saturated rings. The quantitative estimate of drug-likeness (QED) is 0.290. The summed E-state index contributed by atoms with van der Waals surface area (Å²) in [7, 11) is -1.77. The molecule has 0 aliphatic carbocycles. The minimum absolute atomic E-state index is 0.159. The van der Waals surface area contributed by atoms with Crippen molar-refractivity contribution >= 4 is 25.0 Å². The zero-order valence-electron chi connectivity index (χ0n) is 19.3. The van der Waals surface area contributed by atoms with Gasteiger partial charge in [-0.3, -0.25) is 9.59 Å². The molecule has 2 rings (SSSR count). The summed E-state index contributed by atoms with van der Waals surface area (Å²) in [6, 6.07) is 7.85. The highest BCUT2D eigenvalue weighted by Gasteiger charge is 2.31. The number of nitrogens with zero attached hydrogens (tertiary/aromatic N) is 1. The van der Waals surface area contributed by atoms with E-state index >= 15 is 0 Å². The second kappa shape index (κ2) is 13.8. The average molecular weight is 462 g/mol. The standard InChI is InChI=1S/C22H35BN4O6/c1-16(2)24-22(30)25-18(15-20(28)27-11-13-33-14-12-27)21(29)26-19(23(31)32)10-6-9-17-7-4-3-5-8-17/h3-5,7-8,16,18-19,31-32H,6,9-15H2,1-2H3,(H,26,29)(H2,24,25,30)/t18-,19+/m1/s1. The lowest BCUT2D eigenvalue weighted by Gasteiger charge is -2.29. The van der Waals surface area contributed by atoms with Crippen LogP contribution in [-0.4, -0.2) is 84.2 Å². The maximum absolute atomic E-state index is 13.0. The molecule has 1 saturated heterocycles. The van der Waals surface area contributed by atoms with Gasteiger partial charge in [0.05, 0.1) is 25.6 Å². The van der Waals surface area contributed by atoms with Gasteiger partial charge < -0.3 is 35.6 Å². The number of ether oxygens (including phenoxy) is 1. The summed E-state index contributed by atoms with van der Waals surface area (Å²) in [5, 5.41) is 27.3. The van der Waals surface area contributed by atoms with E-state index in [-0.39, 0.29) is 18.4 Å². The number of rotatable bonds is 11. The number of carbonyl (C=O) groups is 3. The van der Waals surface area contributed by atoms with Crippen molar-refractivity contribution in [2.75, 3.05) is 26.3 Å². The number of nitrogens with one attached hydrogen (secondary N) is 3. The number of aryl methyl sites for hydroxylation is 1. The van der Waals surface area contributed by atoms with Crippen LogP contribution < -0.4 is 16.0 Å². The molecule has 0 unspecified atom stereocenters. The third kappa shape index (κ3) is 9.81. The molecule has 4 amide bonds. The van der Waals surface area contributed by atoms with Gasteiger partial charge in [0.2, 0.25) is 11.8 Å². The topological polar surface area (TPSA) is 140 Å². The summed E-state index contributed by atoms with van der Waals surface area (Å²) in [6.07, 6.45) is 1.41. The zero-order valence-corrected chi connectivity index (χ0v) is 19.3. The summed E-state index contributed by atoms with van der Waals surface area (Å²) in [5.41, 5.74) is 1.11. The molecule has 0 radical (unpaired) electrons. The predicted octanol–water partition coefficient (Wildman–Crippen LogP) is -0.169. The third-order valence-corrected chi connectivity index (χ3v) is 5.30. The Morgan fingerprint density at radius 3 is 2.33 bits per heavy atom. The molecule has 10 nitrogen and oxygen atoms in total. The fourth-order valence-corrected chi connectivity index (χ4v) is 3.54. The first-order chi connectivity index (χ1) is 15.8.